The van der Waals surface area contributed by atoms with Crippen molar-refractivity contribution in [3.63, 3.8) is 0 Å². The fourth-order valence-electron chi connectivity index (χ4n) is 4.04. The first-order valence-corrected chi connectivity index (χ1v) is 11.1. The number of benzene rings is 2. The molecule has 1 aliphatic heterocycles. The standard InChI is InChI=1S/C20H25N6O2S/c1-26(2)12-10-15(11-13-26)14-6-8-16(9-7-14)17-4-3-5-18(29(21,27)28)19(17)20-22-24-25-23-20/h3-9,15H,10-13H2,1-2H3,(H2,21,27,28)(H,22,23,24,25)/q+1. The Morgan fingerprint density at radius 1 is 1.07 bits per heavy atom. The summed E-state index contributed by atoms with van der Waals surface area (Å²) in [6, 6.07) is 13.3. The number of likely N-dealkylation sites (tertiary alicyclic amines) is 1. The van der Waals surface area contributed by atoms with Gasteiger partial charge < -0.3 is 4.48 Å². The molecule has 1 fully saturated rings. The molecule has 0 atom stereocenters. The Kier molecular flexibility index (Phi) is 4.97. The molecule has 0 radical (unpaired) electrons. The maximum atomic E-state index is 12.1. The Balaban J connectivity index is 1.72. The van der Waals surface area contributed by atoms with Gasteiger partial charge in [0, 0.05) is 12.8 Å². The van der Waals surface area contributed by atoms with Gasteiger partial charge in [0.05, 0.1) is 37.6 Å². The largest absolute Gasteiger partial charge is 0.328 e. The van der Waals surface area contributed by atoms with Crippen LogP contribution < -0.4 is 5.14 Å². The van der Waals surface area contributed by atoms with Crippen LogP contribution in [0.1, 0.15) is 24.3 Å². The highest BCUT2D eigenvalue weighted by Gasteiger charge is 2.27. The zero-order valence-electron chi connectivity index (χ0n) is 16.5. The molecule has 0 unspecified atom stereocenters. The Bertz CT molecular complexity index is 1100. The van der Waals surface area contributed by atoms with E-state index in [1.807, 2.05) is 18.2 Å². The molecule has 0 saturated carbocycles. The first kappa shape index (κ1) is 19.7. The molecule has 0 aliphatic carbocycles. The predicted octanol–water partition coefficient (Wildman–Crippen LogP) is 2.13. The molecule has 0 bridgehead atoms. The maximum Gasteiger partial charge on any atom is 0.238 e. The first-order valence-electron chi connectivity index (χ1n) is 9.57. The van der Waals surface area contributed by atoms with Crippen molar-refractivity contribution in [1.82, 2.24) is 20.6 Å². The summed E-state index contributed by atoms with van der Waals surface area (Å²) >= 11 is 0. The molecule has 1 aromatic heterocycles. The molecule has 8 nitrogen and oxygen atoms in total. The SMILES string of the molecule is C[N+]1(C)CCC(c2ccc(-c3cccc(S(N)(=O)=O)c3-c3nn[nH]n3)cc2)CC1. The van der Waals surface area contributed by atoms with Gasteiger partial charge in [-0.15, -0.1) is 10.2 Å². The molecule has 9 heteroatoms. The lowest BCUT2D eigenvalue weighted by Gasteiger charge is -2.37. The first-order chi connectivity index (χ1) is 13.7. The normalized spacial score (nSPS) is 17.3. The van der Waals surface area contributed by atoms with E-state index in [9.17, 15) is 8.42 Å². The number of hydrogen-bond donors (Lipinski definition) is 2. The van der Waals surface area contributed by atoms with Crippen LogP contribution in [0.15, 0.2) is 47.4 Å². The summed E-state index contributed by atoms with van der Waals surface area (Å²) in [7, 11) is 0.600. The molecule has 2 aromatic carbocycles. The van der Waals surface area contributed by atoms with E-state index < -0.39 is 10.0 Å². The fourth-order valence-corrected chi connectivity index (χ4v) is 4.80. The van der Waals surface area contributed by atoms with Gasteiger partial charge in [0.25, 0.3) is 0 Å². The topological polar surface area (TPSA) is 115 Å². The molecule has 3 N–H and O–H groups in total. The van der Waals surface area contributed by atoms with E-state index >= 15 is 0 Å². The van der Waals surface area contributed by atoms with Gasteiger partial charge in [0.1, 0.15) is 0 Å². The van der Waals surface area contributed by atoms with Crippen LogP contribution in [0.5, 0.6) is 0 Å². The predicted molar refractivity (Wildman–Crippen MR) is 110 cm³/mol. The van der Waals surface area contributed by atoms with Gasteiger partial charge in [-0.2, -0.15) is 5.21 Å². The van der Waals surface area contributed by atoms with Crippen LogP contribution in [0.2, 0.25) is 0 Å². The number of H-pyrrole nitrogens is 1. The van der Waals surface area contributed by atoms with Gasteiger partial charge >= 0.3 is 0 Å². The Morgan fingerprint density at radius 3 is 2.34 bits per heavy atom. The molecule has 1 saturated heterocycles. The van der Waals surface area contributed by atoms with E-state index in [0.29, 0.717) is 17.0 Å². The molecule has 2 heterocycles. The highest BCUT2D eigenvalue weighted by molar-refractivity contribution is 7.89. The number of aromatic amines is 1. The maximum absolute atomic E-state index is 12.1. The number of sulfonamides is 1. The molecule has 152 valence electrons. The minimum atomic E-state index is -3.95. The van der Waals surface area contributed by atoms with Gasteiger partial charge in [-0.3, -0.25) is 0 Å². The lowest BCUT2D eigenvalue weighted by Crippen LogP contribution is -2.45. The molecule has 29 heavy (non-hydrogen) atoms. The average molecular weight is 414 g/mol. The van der Waals surface area contributed by atoms with Crippen LogP contribution in [-0.2, 0) is 10.0 Å². The number of nitrogens with zero attached hydrogens (tertiary/aromatic N) is 4. The van der Waals surface area contributed by atoms with E-state index in [-0.39, 0.29) is 10.7 Å². The van der Waals surface area contributed by atoms with Gasteiger partial charge in [0.15, 0.2) is 0 Å². The van der Waals surface area contributed by atoms with E-state index in [2.05, 4.69) is 46.9 Å². The van der Waals surface area contributed by atoms with Crippen molar-refractivity contribution < 1.29 is 12.9 Å². The second kappa shape index (κ2) is 7.33. The molecular weight excluding hydrogens is 388 g/mol. The van der Waals surface area contributed by atoms with Gasteiger partial charge in [-0.25, -0.2) is 13.6 Å². The third-order valence-corrected chi connectivity index (χ3v) is 6.71. The highest BCUT2D eigenvalue weighted by atomic mass is 32.2. The van der Waals surface area contributed by atoms with Crippen molar-refractivity contribution in [3.8, 4) is 22.5 Å². The van der Waals surface area contributed by atoms with E-state index in [1.165, 1.54) is 37.6 Å². The van der Waals surface area contributed by atoms with E-state index in [0.717, 1.165) is 10.0 Å². The summed E-state index contributed by atoms with van der Waals surface area (Å²) in [4.78, 5) is -0.0206. The third kappa shape index (κ3) is 4.07. The summed E-state index contributed by atoms with van der Waals surface area (Å²) in [5, 5.41) is 19.4. The average Bonchev–Trinajstić information content (AvgIpc) is 3.21. The third-order valence-electron chi connectivity index (χ3n) is 5.76. The zero-order chi connectivity index (χ0) is 20.6. The Morgan fingerprint density at radius 2 is 1.76 bits per heavy atom. The summed E-state index contributed by atoms with van der Waals surface area (Å²) in [6.07, 6.45) is 2.34. The minimum Gasteiger partial charge on any atom is -0.328 e. The summed E-state index contributed by atoms with van der Waals surface area (Å²) in [5.74, 6) is 0.753. The summed E-state index contributed by atoms with van der Waals surface area (Å²) in [5.41, 5.74) is 3.25. The van der Waals surface area contributed by atoms with Crippen LogP contribution in [0.4, 0.5) is 0 Å². The van der Waals surface area contributed by atoms with Crippen molar-refractivity contribution in [2.24, 2.45) is 5.14 Å². The number of rotatable bonds is 4. The number of aromatic nitrogens is 4. The van der Waals surface area contributed by atoms with Crippen molar-refractivity contribution in [2.75, 3.05) is 27.2 Å². The van der Waals surface area contributed by atoms with Gasteiger partial charge in [-0.1, -0.05) is 36.4 Å². The Hall–Kier alpha value is -2.62. The molecule has 1 aliphatic rings. The van der Waals surface area contributed by atoms with E-state index in [1.54, 1.807) is 6.07 Å². The number of hydrogen-bond acceptors (Lipinski definition) is 5. The number of piperidine rings is 1. The van der Waals surface area contributed by atoms with Gasteiger partial charge in [0.2, 0.25) is 15.8 Å². The van der Waals surface area contributed by atoms with Crippen molar-refractivity contribution in [1.29, 1.82) is 0 Å². The minimum absolute atomic E-state index is 0.0206. The van der Waals surface area contributed by atoms with Crippen LogP contribution in [0.25, 0.3) is 22.5 Å². The lowest BCUT2D eigenvalue weighted by molar-refractivity contribution is -0.895. The second-order valence-corrected chi connectivity index (χ2v) is 9.77. The van der Waals surface area contributed by atoms with Crippen LogP contribution in [0, 0.1) is 0 Å². The smallest absolute Gasteiger partial charge is 0.238 e. The molecule has 4 rings (SSSR count). The monoisotopic (exact) mass is 413 g/mol. The van der Waals surface area contributed by atoms with Crippen molar-refractivity contribution >= 4 is 10.0 Å². The fraction of sp³-hybridized carbons (Fsp3) is 0.350. The number of quaternary nitrogens is 1. The molecule has 0 spiro atoms. The van der Waals surface area contributed by atoms with Crippen LogP contribution in [0.3, 0.4) is 0 Å². The van der Waals surface area contributed by atoms with Gasteiger partial charge in [-0.05, 0) is 33.9 Å². The van der Waals surface area contributed by atoms with Crippen LogP contribution >= 0.6 is 0 Å². The number of nitrogens with two attached hydrogens (primary N) is 1. The quantitative estimate of drug-likeness (QED) is 0.636. The number of tetrazole rings is 1. The zero-order valence-corrected chi connectivity index (χ0v) is 17.4. The molecular formula is C20H25N6O2S+. The lowest BCUT2D eigenvalue weighted by atomic mass is 9.87. The van der Waals surface area contributed by atoms with Crippen molar-refractivity contribution in [3.05, 3.63) is 48.0 Å². The molecule has 3 aromatic rings. The van der Waals surface area contributed by atoms with Crippen LogP contribution in [-0.4, -0.2) is 60.7 Å². The molecule has 0 amide bonds. The number of primary sulfonamides is 1. The van der Waals surface area contributed by atoms with E-state index in [4.69, 9.17) is 5.14 Å². The van der Waals surface area contributed by atoms with Crippen molar-refractivity contribution in [2.45, 2.75) is 23.7 Å². The second-order valence-electron chi connectivity index (χ2n) is 8.24. The summed E-state index contributed by atoms with van der Waals surface area (Å²) in [6.45, 7) is 2.34. The highest BCUT2D eigenvalue weighted by Crippen LogP contribution is 2.36. The summed E-state index contributed by atoms with van der Waals surface area (Å²) < 4.78 is 25.3. The Labute approximate surface area is 170 Å². The number of nitrogens with one attached hydrogen (secondary N) is 1.